The highest BCUT2D eigenvalue weighted by Gasteiger charge is 2.16. The number of hydrazone groups is 2. The van der Waals surface area contributed by atoms with E-state index in [2.05, 4.69) is 41.8 Å². The van der Waals surface area contributed by atoms with E-state index < -0.39 is 6.10 Å². The van der Waals surface area contributed by atoms with Gasteiger partial charge in [0.2, 0.25) is 0 Å². The van der Waals surface area contributed by atoms with Gasteiger partial charge in [-0.3, -0.25) is 5.01 Å². The minimum Gasteiger partial charge on any atom is -0.490 e. The summed E-state index contributed by atoms with van der Waals surface area (Å²) in [6, 6.07) is 44.3. The second-order valence-electron chi connectivity index (χ2n) is 11.7. The first-order valence-electron chi connectivity index (χ1n) is 16.7. The maximum absolute atomic E-state index is 11.3. The minimum absolute atomic E-state index is 0.0695. The fraction of sp³-hybridized carbons (Fsp3) is 0.220. The van der Waals surface area contributed by atoms with E-state index in [-0.39, 0.29) is 13.2 Å². The van der Waals surface area contributed by atoms with Crippen LogP contribution in [0.5, 0.6) is 5.75 Å². The van der Waals surface area contributed by atoms with E-state index in [0.29, 0.717) is 5.75 Å². The van der Waals surface area contributed by atoms with Crippen molar-refractivity contribution in [3.63, 3.8) is 0 Å². The smallest absolute Gasteiger partial charge is 0.130 e. The zero-order valence-electron chi connectivity index (χ0n) is 28.8. The lowest BCUT2D eigenvalue weighted by atomic mass is 10.1. The van der Waals surface area contributed by atoms with Gasteiger partial charge in [0.15, 0.2) is 0 Å². The molecule has 1 unspecified atom stereocenters. The number of benzene rings is 5. The van der Waals surface area contributed by atoms with Crippen LogP contribution >= 0.6 is 0 Å². The molecule has 5 aromatic rings. The summed E-state index contributed by atoms with van der Waals surface area (Å²) in [6.07, 6.45) is 2.80. The lowest BCUT2D eigenvalue weighted by Crippen LogP contribution is -2.33. The largest absolute Gasteiger partial charge is 0.490 e. The minimum atomic E-state index is -0.833. The standard InChI is InChI=1S/C41H46N6O2/c1-5-45(6-2)39-27-24-34(30-43-47(37-18-12-8-13-19-37)38-20-14-9-15-21-38)41(28-39)49-32-40(48)31-46(36-16-10-7-11-17-36)42-29-33-22-25-35(26-23-33)44(3)4/h7-30,40,48H,5-6,31-32H2,1-4H3/b42-29+,43-30+. The van der Waals surface area contributed by atoms with Crippen LogP contribution in [0.1, 0.15) is 25.0 Å². The Balaban J connectivity index is 1.37. The van der Waals surface area contributed by atoms with E-state index in [1.54, 1.807) is 5.01 Å². The van der Waals surface area contributed by atoms with E-state index in [1.807, 2.05) is 147 Å². The zero-order valence-corrected chi connectivity index (χ0v) is 28.8. The first-order chi connectivity index (χ1) is 23.9. The van der Waals surface area contributed by atoms with Crippen LogP contribution < -0.4 is 24.6 Å². The number of aliphatic hydroxyl groups excluding tert-OH is 1. The molecule has 8 nitrogen and oxygen atoms in total. The Morgan fingerprint density at radius 3 is 1.73 bits per heavy atom. The van der Waals surface area contributed by atoms with Crippen molar-refractivity contribution in [2.75, 3.05) is 60.2 Å². The SMILES string of the molecule is CCN(CC)c1ccc(/C=N/N(c2ccccc2)c2ccccc2)c(OCC(O)CN(/N=C/c2ccc(N(C)C)cc2)c2ccccc2)c1. The third kappa shape index (κ3) is 9.72. The van der Waals surface area contributed by atoms with Crippen molar-refractivity contribution >= 4 is 40.9 Å². The van der Waals surface area contributed by atoms with E-state index >= 15 is 0 Å². The Labute approximate surface area is 290 Å². The number of anilines is 5. The number of hydrogen-bond acceptors (Lipinski definition) is 8. The van der Waals surface area contributed by atoms with Crippen LogP contribution in [0.25, 0.3) is 0 Å². The number of hydrogen-bond donors (Lipinski definition) is 1. The van der Waals surface area contributed by atoms with Gasteiger partial charge in [-0.2, -0.15) is 10.2 Å². The molecule has 0 radical (unpaired) electrons. The molecule has 5 aromatic carbocycles. The number of nitrogens with zero attached hydrogens (tertiary/aromatic N) is 6. The van der Waals surface area contributed by atoms with Crippen LogP contribution in [-0.4, -0.2) is 64.0 Å². The molecule has 252 valence electrons. The number of rotatable bonds is 16. The van der Waals surface area contributed by atoms with Gasteiger partial charge in [-0.05, 0) is 80.1 Å². The highest BCUT2D eigenvalue weighted by Crippen LogP contribution is 2.28. The Morgan fingerprint density at radius 1 is 0.633 bits per heavy atom. The molecule has 0 bridgehead atoms. The predicted molar refractivity (Wildman–Crippen MR) is 206 cm³/mol. The molecule has 0 aliphatic heterocycles. The average Bonchev–Trinajstić information content (AvgIpc) is 3.15. The van der Waals surface area contributed by atoms with Crippen molar-refractivity contribution in [1.82, 2.24) is 0 Å². The molecule has 0 aliphatic carbocycles. The van der Waals surface area contributed by atoms with Crippen molar-refractivity contribution in [3.8, 4) is 5.75 Å². The van der Waals surface area contributed by atoms with Gasteiger partial charge >= 0.3 is 0 Å². The van der Waals surface area contributed by atoms with Gasteiger partial charge in [0.1, 0.15) is 18.5 Å². The highest BCUT2D eigenvalue weighted by molar-refractivity contribution is 5.86. The average molecular weight is 655 g/mol. The van der Waals surface area contributed by atoms with E-state index in [9.17, 15) is 5.11 Å². The second-order valence-corrected chi connectivity index (χ2v) is 11.7. The van der Waals surface area contributed by atoms with Crippen LogP contribution in [0.2, 0.25) is 0 Å². The van der Waals surface area contributed by atoms with Crippen molar-refractivity contribution in [2.45, 2.75) is 20.0 Å². The van der Waals surface area contributed by atoms with Gasteiger partial charge in [0.25, 0.3) is 0 Å². The van der Waals surface area contributed by atoms with Gasteiger partial charge in [0, 0.05) is 50.2 Å². The Morgan fingerprint density at radius 2 is 1.18 bits per heavy atom. The van der Waals surface area contributed by atoms with Crippen molar-refractivity contribution in [3.05, 3.63) is 145 Å². The van der Waals surface area contributed by atoms with E-state index in [0.717, 1.165) is 52.7 Å². The fourth-order valence-corrected chi connectivity index (χ4v) is 5.33. The molecule has 0 saturated heterocycles. The molecule has 1 N–H and O–H groups in total. The molecule has 0 fully saturated rings. The quantitative estimate of drug-likeness (QED) is 0.0858. The third-order valence-electron chi connectivity index (χ3n) is 8.06. The molecule has 8 heteroatoms. The normalized spacial score (nSPS) is 11.9. The van der Waals surface area contributed by atoms with Crippen LogP contribution in [0, 0.1) is 0 Å². The van der Waals surface area contributed by atoms with Gasteiger partial charge in [-0.25, -0.2) is 5.01 Å². The van der Waals surface area contributed by atoms with Crippen LogP contribution in [0.4, 0.5) is 28.4 Å². The molecule has 49 heavy (non-hydrogen) atoms. The van der Waals surface area contributed by atoms with Gasteiger partial charge in [-0.15, -0.1) is 0 Å². The first-order valence-corrected chi connectivity index (χ1v) is 16.7. The van der Waals surface area contributed by atoms with Gasteiger partial charge in [-0.1, -0.05) is 66.7 Å². The summed E-state index contributed by atoms with van der Waals surface area (Å²) in [5.41, 5.74) is 6.70. The molecule has 0 spiro atoms. The summed E-state index contributed by atoms with van der Waals surface area (Å²) in [7, 11) is 4.03. The van der Waals surface area contributed by atoms with Crippen molar-refractivity contribution in [1.29, 1.82) is 0 Å². The van der Waals surface area contributed by atoms with E-state index in [4.69, 9.17) is 14.9 Å². The molecule has 1 atom stereocenters. The lowest BCUT2D eigenvalue weighted by Gasteiger charge is -2.24. The summed E-state index contributed by atoms with van der Waals surface area (Å²) in [6.45, 7) is 6.31. The second kappa shape index (κ2) is 17.5. The number of ether oxygens (including phenoxy) is 1. The Kier molecular flexibility index (Phi) is 12.4. The molecule has 0 saturated carbocycles. The Hall–Kier alpha value is -5.60. The van der Waals surface area contributed by atoms with Crippen LogP contribution in [-0.2, 0) is 0 Å². The fourth-order valence-electron chi connectivity index (χ4n) is 5.33. The summed E-state index contributed by atoms with van der Waals surface area (Å²) < 4.78 is 6.39. The molecule has 0 amide bonds. The Bertz CT molecular complexity index is 1720. The number of aliphatic hydroxyl groups is 1. The van der Waals surface area contributed by atoms with Crippen LogP contribution in [0.15, 0.2) is 144 Å². The van der Waals surface area contributed by atoms with Crippen molar-refractivity contribution < 1.29 is 9.84 Å². The molecule has 5 rings (SSSR count). The topological polar surface area (TPSA) is 67.1 Å². The monoisotopic (exact) mass is 654 g/mol. The van der Waals surface area contributed by atoms with Crippen LogP contribution in [0.3, 0.4) is 0 Å². The van der Waals surface area contributed by atoms with E-state index in [1.165, 1.54) is 0 Å². The maximum atomic E-state index is 11.3. The van der Waals surface area contributed by atoms with Gasteiger partial charge < -0.3 is 19.6 Å². The first kappa shape index (κ1) is 34.7. The molecule has 0 aliphatic rings. The summed E-state index contributed by atoms with van der Waals surface area (Å²) in [4.78, 5) is 4.33. The molecule has 0 aromatic heterocycles. The van der Waals surface area contributed by atoms with Gasteiger partial charge in [0.05, 0.1) is 36.0 Å². The molecular weight excluding hydrogens is 608 g/mol. The maximum Gasteiger partial charge on any atom is 0.130 e. The predicted octanol–water partition coefficient (Wildman–Crippen LogP) is 8.05. The summed E-state index contributed by atoms with van der Waals surface area (Å²) in [5, 5.41) is 24.7. The lowest BCUT2D eigenvalue weighted by molar-refractivity contribution is 0.112. The number of para-hydroxylation sites is 3. The third-order valence-corrected chi connectivity index (χ3v) is 8.06. The highest BCUT2D eigenvalue weighted by atomic mass is 16.5. The molecule has 0 heterocycles. The zero-order chi connectivity index (χ0) is 34.4. The summed E-state index contributed by atoms with van der Waals surface area (Å²) >= 11 is 0. The molecular formula is C41H46N6O2. The summed E-state index contributed by atoms with van der Waals surface area (Å²) in [5.74, 6) is 0.643. The van der Waals surface area contributed by atoms with Crippen molar-refractivity contribution in [2.24, 2.45) is 10.2 Å².